The second-order valence-electron chi connectivity index (χ2n) is 6.26. The van der Waals surface area contributed by atoms with E-state index in [-0.39, 0.29) is 18.3 Å². The molecule has 0 saturated heterocycles. The molecule has 4 rings (SSSR count). The first-order valence-corrected chi connectivity index (χ1v) is 8.23. The molecule has 0 amide bonds. The highest BCUT2D eigenvalue weighted by Gasteiger charge is 2.37. The van der Waals surface area contributed by atoms with E-state index in [1.165, 1.54) is 17.7 Å². The van der Waals surface area contributed by atoms with Gasteiger partial charge in [-0.05, 0) is 42.2 Å². The summed E-state index contributed by atoms with van der Waals surface area (Å²) in [5.41, 5.74) is 2.41. The van der Waals surface area contributed by atoms with Crippen molar-refractivity contribution in [3.05, 3.63) is 71.4 Å². The molecular formula is C19H18FN3O2. The van der Waals surface area contributed by atoms with Crippen LogP contribution in [-0.2, 0) is 18.5 Å². The molecule has 0 aliphatic heterocycles. The summed E-state index contributed by atoms with van der Waals surface area (Å²) in [6.45, 7) is 0.326. The van der Waals surface area contributed by atoms with Crippen LogP contribution in [-0.4, -0.2) is 21.9 Å². The maximum Gasteiger partial charge on any atom is 0.247 e. The van der Waals surface area contributed by atoms with Crippen LogP contribution in [0.25, 0.3) is 11.5 Å². The van der Waals surface area contributed by atoms with Crippen molar-refractivity contribution in [1.82, 2.24) is 15.5 Å². The SMILES string of the molecule is OCC1(NCc2nnc(-c3cccc(F)c3)o2)CCc2ccccc21. The van der Waals surface area contributed by atoms with Crippen molar-refractivity contribution in [1.29, 1.82) is 0 Å². The van der Waals surface area contributed by atoms with Gasteiger partial charge in [0.2, 0.25) is 11.8 Å². The van der Waals surface area contributed by atoms with Crippen LogP contribution in [0.2, 0.25) is 0 Å². The quantitative estimate of drug-likeness (QED) is 0.748. The first-order valence-electron chi connectivity index (χ1n) is 8.23. The lowest BCUT2D eigenvalue weighted by Gasteiger charge is -2.29. The number of aliphatic hydroxyl groups excluding tert-OH is 1. The molecule has 3 aromatic rings. The van der Waals surface area contributed by atoms with Crippen molar-refractivity contribution in [2.45, 2.75) is 24.9 Å². The highest BCUT2D eigenvalue weighted by molar-refractivity contribution is 5.52. The van der Waals surface area contributed by atoms with E-state index in [1.54, 1.807) is 12.1 Å². The fourth-order valence-corrected chi connectivity index (χ4v) is 3.40. The maximum absolute atomic E-state index is 13.3. The Labute approximate surface area is 144 Å². The summed E-state index contributed by atoms with van der Waals surface area (Å²) in [6.07, 6.45) is 1.73. The second kappa shape index (κ2) is 6.38. The third-order valence-corrected chi connectivity index (χ3v) is 4.74. The van der Waals surface area contributed by atoms with E-state index in [0.717, 1.165) is 18.4 Å². The van der Waals surface area contributed by atoms with E-state index in [2.05, 4.69) is 21.6 Å². The molecule has 2 aromatic carbocycles. The van der Waals surface area contributed by atoms with Gasteiger partial charge in [-0.15, -0.1) is 10.2 Å². The molecule has 1 unspecified atom stereocenters. The molecule has 1 heterocycles. The van der Waals surface area contributed by atoms with Crippen molar-refractivity contribution in [2.75, 3.05) is 6.61 Å². The summed E-state index contributed by atoms with van der Waals surface area (Å²) >= 11 is 0. The van der Waals surface area contributed by atoms with Crippen molar-refractivity contribution in [3.8, 4) is 11.5 Å². The van der Waals surface area contributed by atoms with Gasteiger partial charge >= 0.3 is 0 Å². The third-order valence-electron chi connectivity index (χ3n) is 4.74. The number of fused-ring (bicyclic) bond motifs is 1. The van der Waals surface area contributed by atoms with Crippen LogP contribution in [0.15, 0.2) is 52.9 Å². The largest absolute Gasteiger partial charge is 0.419 e. The molecule has 25 heavy (non-hydrogen) atoms. The van der Waals surface area contributed by atoms with E-state index in [0.29, 0.717) is 18.0 Å². The Morgan fingerprint density at radius 3 is 2.88 bits per heavy atom. The molecule has 0 spiro atoms. The van der Waals surface area contributed by atoms with Crippen LogP contribution < -0.4 is 5.32 Å². The van der Waals surface area contributed by atoms with Gasteiger partial charge in [-0.2, -0.15) is 0 Å². The number of benzene rings is 2. The summed E-state index contributed by atoms with van der Waals surface area (Å²) in [7, 11) is 0. The van der Waals surface area contributed by atoms with Crippen molar-refractivity contribution < 1.29 is 13.9 Å². The van der Waals surface area contributed by atoms with Crippen LogP contribution in [0.3, 0.4) is 0 Å². The van der Waals surface area contributed by atoms with Crippen molar-refractivity contribution >= 4 is 0 Å². The highest BCUT2D eigenvalue weighted by Crippen LogP contribution is 2.36. The van der Waals surface area contributed by atoms with Crippen molar-refractivity contribution in [3.63, 3.8) is 0 Å². The minimum atomic E-state index is -0.496. The predicted molar refractivity (Wildman–Crippen MR) is 90.1 cm³/mol. The van der Waals surface area contributed by atoms with Gasteiger partial charge < -0.3 is 9.52 Å². The molecule has 0 fully saturated rings. The molecule has 6 heteroatoms. The van der Waals surface area contributed by atoms with Gasteiger partial charge in [-0.3, -0.25) is 5.32 Å². The Morgan fingerprint density at radius 2 is 2.04 bits per heavy atom. The number of aromatic nitrogens is 2. The van der Waals surface area contributed by atoms with Gasteiger partial charge in [0.05, 0.1) is 18.7 Å². The Balaban J connectivity index is 1.52. The first-order chi connectivity index (χ1) is 12.2. The molecular weight excluding hydrogens is 321 g/mol. The molecule has 0 bridgehead atoms. The van der Waals surface area contributed by atoms with Gasteiger partial charge in [-0.25, -0.2) is 4.39 Å². The van der Waals surface area contributed by atoms with Crippen LogP contribution >= 0.6 is 0 Å². The summed E-state index contributed by atoms with van der Waals surface area (Å²) in [5, 5.41) is 21.4. The topological polar surface area (TPSA) is 71.2 Å². The average molecular weight is 339 g/mol. The standard InChI is InChI=1S/C19H18FN3O2/c20-15-6-3-5-14(10-15)18-23-22-17(25-18)11-21-19(12-24)9-8-13-4-1-2-7-16(13)19/h1-7,10,21,24H,8-9,11-12H2. The maximum atomic E-state index is 13.3. The minimum absolute atomic E-state index is 0.00506. The summed E-state index contributed by atoms with van der Waals surface area (Å²) in [4.78, 5) is 0. The monoisotopic (exact) mass is 339 g/mol. The minimum Gasteiger partial charge on any atom is -0.419 e. The molecule has 1 aliphatic rings. The zero-order valence-electron chi connectivity index (χ0n) is 13.6. The number of nitrogens with zero attached hydrogens (tertiary/aromatic N) is 2. The molecule has 0 saturated carbocycles. The van der Waals surface area contributed by atoms with Crippen molar-refractivity contribution in [2.24, 2.45) is 0 Å². The highest BCUT2D eigenvalue weighted by atomic mass is 19.1. The summed E-state index contributed by atoms with van der Waals surface area (Å²) in [6, 6.07) is 14.2. The Morgan fingerprint density at radius 1 is 1.16 bits per heavy atom. The van der Waals surface area contributed by atoms with E-state index >= 15 is 0 Å². The van der Waals surface area contributed by atoms with E-state index < -0.39 is 5.54 Å². The number of aryl methyl sites for hydroxylation is 1. The second-order valence-corrected chi connectivity index (χ2v) is 6.26. The van der Waals surface area contributed by atoms with Gasteiger partial charge in [0, 0.05) is 5.56 Å². The number of hydrogen-bond donors (Lipinski definition) is 2. The molecule has 5 nitrogen and oxygen atoms in total. The first kappa shape index (κ1) is 15.9. The average Bonchev–Trinajstić information content (AvgIpc) is 3.26. The number of halogens is 1. The Hall–Kier alpha value is -2.57. The Bertz CT molecular complexity index is 896. The van der Waals surface area contributed by atoms with E-state index in [1.807, 2.05) is 18.2 Å². The zero-order valence-corrected chi connectivity index (χ0v) is 13.6. The van der Waals surface area contributed by atoms with Crippen LogP contribution in [0, 0.1) is 5.82 Å². The number of nitrogens with one attached hydrogen (secondary N) is 1. The molecule has 1 aromatic heterocycles. The fraction of sp³-hybridized carbons (Fsp3) is 0.263. The number of hydrogen-bond acceptors (Lipinski definition) is 5. The van der Waals surface area contributed by atoms with E-state index in [4.69, 9.17) is 4.42 Å². The summed E-state index contributed by atoms with van der Waals surface area (Å²) < 4.78 is 18.9. The molecule has 0 radical (unpaired) electrons. The lowest BCUT2D eigenvalue weighted by molar-refractivity contribution is 0.155. The van der Waals surface area contributed by atoms with Gasteiger partial charge in [0.15, 0.2) is 0 Å². The van der Waals surface area contributed by atoms with Gasteiger partial charge in [-0.1, -0.05) is 30.3 Å². The van der Waals surface area contributed by atoms with Crippen LogP contribution in [0.4, 0.5) is 4.39 Å². The number of aliphatic hydroxyl groups is 1. The van der Waals surface area contributed by atoms with Crippen LogP contribution in [0.1, 0.15) is 23.4 Å². The summed E-state index contributed by atoms with van der Waals surface area (Å²) in [5.74, 6) is 0.329. The lowest BCUT2D eigenvalue weighted by Crippen LogP contribution is -2.43. The smallest absolute Gasteiger partial charge is 0.247 e. The zero-order chi connectivity index (χ0) is 17.3. The lowest BCUT2D eigenvalue weighted by atomic mass is 9.92. The third kappa shape index (κ3) is 2.94. The molecule has 1 atom stereocenters. The van der Waals surface area contributed by atoms with E-state index in [9.17, 15) is 9.50 Å². The predicted octanol–water partition coefficient (Wildman–Crippen LogP) is 2.80. The Kier molecular flexibility index (Phi) is 4.07. The normalized spacial score (nSPS) is 19.1. The van der Waals surface area contributed by atoms with Gasteiger partial charge in [0.1, 0.15) is 5.82 Å². The molecule has 2 N–H and O–H groups in total. The fourth-order valence-electron chi connectivity index (χ4n) is 3.40. The molecule has 128 valence electrons. The van der Waals surface area contributed by atoms with Gasteiger partial charge in [0.25, 0.3) is 0 Å². The molecule has 1 aliphatic carbocycles. The number of rotatable bonds is 5. The van der Waals surface area contributed by atoms with Crippen LogP contribution in [0.5, 0.6) is 0 Å².